The van der Waals surface area contributed by atoms with Gasteiger partial charge in [0, 0.05) is 6.42 Å². The van der Waals surface area contributed by atoms with Crippen LogP contribution in [0.3, 0.4) is 0 Å². The van der Waals surface area contributed by atoms with Crippen molar-refractivity contribution in [2.45, 2.75) is 32.6 Å². The van der Waals surface area contributed by atoms with Gasteiger partial charge in [-0.3, -0.25) is 0 Å². The van der Waals surface area contributed by atoms with E-state index in [1.807, 2.05) is 0 Å². The molecule has 1 saturated carbocycles. The molecule has 0 heterocycles. The van der Waals surface area contributed by atoms with Crippen LogP contribution < -0.4 is 0 Å². The Balaban J connectivity index is 2.07. The van der Waals surface area contributed by atoms with Gasteiger partial charge in [-0.15, -0.1) is 0 Å². The first-order chi connectivity index (χ1) is 6.36. The molecule has 0 aliphatic heterocycles. The Kier molecular flexibility index (Phi) is 2.40. The van der Waals surface area contributed by atoms with Gasteiger partial charge in [0.05, 0.1) is 6.07 Å². The van der Waals surface area contributed by atoms with Crippen molar-refractivity contribution in [1.82, 2.24) is 0 Å². The summed E-state index contributed by atoms with van der Waals surface area (Å²) >= 11 is 0. The second-order valence-corrected chi connectivity index (χ2v) is 4.43. The van der Waals surface area contributed by atoms with Crippen LogP contribution in [0.4, 0.5) is 0 Å². The Morgan fingerprint density at radius 3 is 2.62 bits per heavy atom. The predicted molar refractivity (Wildman–Crippen MR) is 52.9 cm³/mol. The first-order valence-electron chi connectivity index (χ1n) is 5.42. The summed E-state index contributed by atoms with van der Waals surface area (Å²) < 4.78 is 0. The smallest absolute Gasteiger partial charge is 0.0625 e. The van der Waals surface area contributed by atoms with Crippen molar-refractivity contribution in [3.63, 3.8) is 0 Å². The first-order valence-corrected chi connectivity index (χ1v) is 5.42. The summed E-state index contributed by atoms with van der Waals surface area (Å²) in [5.41, 5.74) is 0. The van der Waals surface area contributed by atoms with Crippen LogP contribution in [-0.2, 0) is 0 Å². The largest absolute Gasteiger partial charge is 0.198 e. The molecule has 0 spiro atoms. The summed E-state index contributed by atoms with van der Waals surface area (Å²) in [6.45, 7) is 2.25. The van der Waals surface area contributed by atoms with Crippen molar-refractivity contribution < 1.29 is 0 Å². The minimum absolute atomic E-state index is 0.681. The number of allylic oxidation sites excluding steroid dienone is 2. The Bertz CT molecular complexity index is 248. The van der Waals surface area contributed by atoms with Crippen LogP contribution in [0.5, 0.6) is 0 Å². The van der Waals surface area contributed by atoms with Crippen LogP contribution in [0.1, 0.15) is 32.6 Å². The summed E-state index contributed by atoms with van der Waals surface area (Å²) in [6.07, 6.45) is 9.42. The fraction of sp³-hybridized carbons (Fsp3) is 0.750. The molecule has 4 unspecified atom stereocenters. The van der Waals surface area contributed by atoms with Gasteiger partial charge in [0.2, 0.25) is 0 Å². The number of nitrogens with zero attached hydrogens (tertiary/aromatic N) is 1. The minimum atomic E-state index is 0.681. The SMILES string of the molecule is CCCC1C2C=CC(C2)C1CC#N. The average molecular weight is 175 g/mol. The predicted octanol–water partition coefficient (Wildman–Crippen LogP) is 3.14. The van der Waals surface area contributed by atoms with Crippen LogP contribution >= 0.6 is 0 Å². The molecular formula is C12H17N. The molecule has 0 radical (unpaired) electrons. The Labute approximate surface area is 80.4 Å². The summed E-state index contributed by atoms with van der Waals surface area (Å²) in [4.78, 5) is 0. The van der Waals surface area contributed by atoms with E-state index >= 15 is 0 Å². The normalized spacial score (nSPS) is 40.9. The average Bonchev–Trinajstić information content (AvgIpc) is 2.69. The molecule has 2 aliphatic rings. The lowest BCUT2D eigenvalue weighted by Crippen LogP contribution is -2.18. The Hall–Kier alpha value is -0.770. The van der Waals surface area contributed by atoms with Crippen LogP contribution in [0.2, 0.25) is 0 Å². The van der Waals surface area contributed by atoms with Gasteiger partial charge in [0.15, 0.2) is 0 Å². The molecule has 1 nitrogen and oxygen atoms in total. The highest BCUT2D eigenvalue weighted by atomic mass is 14.5. The molecule has 1 heteroatoms. The molecular weight excluding hydrogens is 158 g/mol. The molecule has 2 rings (SSSR count). The molecule has 13 heavy (non-hydrogen) atoms. The quantitative estimate of drug-likeness (QED) is 0.604. The topological polar surface area (TPSA) is 23.8 Å². The number of hydrogen-bond acceptors (Lipinski definition) is 1. The third kappa shape index (κ3) is 1.39. The standard InChI is InChI=1S/C12H17N/c1-2-3-11-9-4-5-10(8-9)12(11)6-7-13/h4-5,9-12H,2-3,6,8H2,1H3. The van der Waals surface area contributed by atoms with Crippen LogP contribution in [0.25, 0.3) is 0 Å². The molecule has 2 aliphatic carbocycles. The monoisotopic (exact) mass is 175 g/mol. The minimum Gasteiger partial charge on any atom is -0.198 e. The van der Waals surface area contributed by atoms with Crippen molar-refractivity contribution in [2.24, 2.45) is 23.7 Å². The maximum atomic E-state index is 8.77. The third-order valence-electron chi connectivity index (χ3n) is 3.75. The van der Waals surface area contributed by atoms with Crippen molar-refractivity contribution in [3.05, 3.63) is 12.2 Å². The summed E-state index contributed by atoms with van der Waals surface area (Å²) in [5.74, 6) is 3.05. The molecule has 4 atom stereocenters. The first kappa shape index (κ1) is 8.81. The van der Waals surface area contributed by atoms with Gasteiger partial charge in [0.1, 0.15) is 0 Å². The van der Waals surface area contributed by atoms with E-state index in [2.05, 4.69) is 25.1 Å². The van der Waals surface area contributed by atoms with Crippen molar-refractivity contribution >= 4 is 0 Å². The van der Waals surface area contributed by atoms with Gasteiger partial charge in [0.25, 0.3) is 0 Å². The second-order valence-electron chi connectivity index (χ2n) is 4.43. The number of fused-ring (bicyclic) bond motifs is 2. The van der Waals surface area contributed by atoms with Crippen molar-refractivity contribution in [1.29, 1.82) is 5.26 Å². The van der Waals surface area contributed by atoms with E-state index in [1.165, 1.54) is 19.3 Å². The van der Waals surface area contributed by atoms with E-state index in [-0.39, 0.29) is 0 Å². The zero-order valence-corrected chi connectivity index (χ0v) is 8.24. The van der Waals surface area contributed by atoms with E-state index in [1.54, 1.807) is 0 Å². The maximum absolute atomic E-state index is 8.77. The van der Waals surface area contributed by atoms with E-state index in [0.717, 1.165) is 24.2 Å². The fourth-order valence-corrected chi connectivity index (χ4v) is 3.20. The second kappa shape index (κ2) is 3.54. The van der Waals surface area contributed by atoms with Gasteiger partial charge in [-0.25, -0.2) is 0 Å². The summed E-state index contributed by atoms with van der Waals surface area (Å²) in [7, 11) is 0. The molecule has 0 amide bonds. The highest BCUT2D eigenvalue weighted by molar-refractivity contribution is 5.14. The van der Waals surface area contributed by atoms with Crippen molar-refractivity contribution in [3.8, 4) is 6.07 Å². The van der Waals surface area contributed by atoms with Gasteiger partial charge in [-0.1, -0.05) is 25.5 Å². The zero-order valence-electron chi connectivity index (χ0n) is 8.24. The molecule has 0 N–H and O–H groups in total. The lowest BCUT2D eigenvalue weighted by molar-refractivity contribution is 0.293. The molecule has 0 saturated heterocycles. The fourth-order valence-electron chi connectivity index (χ4n) is 3.20. The molecule has 0 aromatic rings. The van der Waals surface area contributed by atoms with E-state index in [0.29, 0.717) is 5.92 Å². The zero-order chi connectivity index (χ0) is 9.26. The Morgan fingerprint density at radius 1 is 1.31 bits per heavy atom. The van der Waals surface area contributed by atoms with Gasteiger partial charge >= 0.3 is 0 Å². The lowest BCUT2D eigenvalue weighted by atomic mass is 9.79. The summed E-state index contributed by atoms with van der Waals surface area (Å²) in [6, 6.07) is 2.35. The van der Waals surface area contributed by atoms with E-state index in [9.17, 15) is 0 Å². The third-order valence-corrected chi connectivity index (χ3v) is 3.75. The highest BCUT2D eigenvalue weighted by Crippen LogP contribution is 2.50. The van der Waals surface area contributed by atoms with Crippen molar-refractivity contribution in [2.75, 3.05) is 0 Å². The van der Waals surface area contributed by atoms with Crippen LogP contribution in [-0.4, -0.2) is 0 Å². The molecule has 2 bridgehead atoms. The molecule has 0 aromatic carbocycles. The number of rotatable bonds is 3. The van der Waals surface area contributed by atoms with E-state index < -0.39 is 0 Å². The van der Waals surface area contributed by atoms with Gasteiger partial charge < -0.3 is 0 Å². The van der Waals surface area contributed by atoms with Gasteiger partial charge in [-0.2, -0.15) is 5.26 Å². The number of nitriles is 1. The lowest BCUT2D eigenvalue weighted by Gasteiger charge is -2.25. The maximum Gasteiger partial charge on any atom is 0.0625 e. The van der Waals surface area contributed by atoms with Gasteiger partial charge in [-0.05, 0) is 36.5 Å². The summed E-state index contributed by atoms with van der Waals surface area (Å²) in [5, 5.41) is 8.77. The van der Waals surface area contributed by atoms with Crippen LogP contribution in [0, 0.1) is 35.0 Å². The van der Waals surface area contributed by atoms with E-state index in [4.69, 9.17) is 5.26 Å². The molecule has 0 aromatic heterocycles. The van der Waals surface area contributed by atoms with Crippen LogP contribution in [0.15, 0.2) is 12.2 Å². The Morgan fingerprint density at radius 2 is 2.00 bits per heavy atom. The molecule has 70 valence electrons. The molecule has 1 fully saturated rings. The number of hydrogen-bond donors (Lipinski definition) is 0. The highest BCUT2D eigenvalue weighted by Gasteiger charge is 2.43.